The monoisotopic (exact) mass is 390 g/mol. The van der Waals surface area contributed by atoms with Gasteiger partial charge in [0.15, 0.2) is 17.5 Å². The highest BCUT2D eigenvalue weighted by molar-refractivity contribution is 7.11. The van der Waals surface area contributed by atoms with Crippen molar-refractivity contribution >= 4 is 17.3 Å². The number of thiazole rings is 1. The molecule has 1 aromatic carbocycles. The van der Waals surface area contributed by atoms with E-state index in [0.29, 0.717) is 30.8 Å². The van der Waals surface area contributed by atoms with Crippen LogP contribution < -0.4 is 15.4 Å². The van der Waals surface area contributed by atoms with Crippen molar-refractivity contribution in [3.05, 3.63) is 45.7 Å². The van der Waals surface area contributed by atoms with Crippen LogP contribution in [0.15, 0.2) is 29.4 Å². The first-order valence-electron chi connectivity index (χ1n) is 9.42. The second kappa shape index (κ2) is 9.17. The molecular formula is C20H27FN4OS. The Balaban J connectivity index is 1.53. The van der Waals surface area contributed by atoms with Crippen molar-refractivity contribution in [2.45, 2.75) is 45.7 Å². The summed E-state index contributed by atoms with van der Waals surface area (Å²) in [6.07, 6.45) is 5.28. The van der Waals surface area contributed by atoms with E-state index in [1.54, 1.807) is 24.5 Å². The van der Waals surface area contributed by atoms with Gasteiger partial charge in [0.2, 0.25) is 0 Å². The van der Waals surface area contributed by atoms with Gasteiger partial charge in [-0.05, 0) is 49.8 Å². The van der Waals surface area contributed by atoms with Gasteiger partial charge in [0, 0.05) is 18.1 Å². The van der Waals surface area contributed by atoms with Gasteiger partial charge in [0.05, 0.1) is 19.2 Å². The van der Waals surface area contributed by atoms with Crippen LogP contribution in [0, 0.1) is 11.7 Å². The molecule has 0 saturated heterocycles. The van der Waals surface area contributed by atoms with Crippen LogP contribution in [0.5, 0.6) is 5.75 Å². The maximum atomic E-state index is 14.3. The van der Waals surface area contributed by atoms with E-state index in [4.69, 9.17) is 4.74 Å². The molecule has 3 rings (SSSR count). The Bertz CT molecular complexity index is 788. The van der Waals surface area contributed by atoms with Crippen molar-refractivity contribution in [3.8, 4) is 5.75 Å². The zero-order chi connectivity index (χ0) is 19.2. The quantitative estimate of drug-likeness (QED) is 0.527. The molecular weight excluding hydrogens is 363 g/mol. The second-order valence-corrected chi connectivity index (χ2v) is 8.01. The third-order valence-electron chi connectivity index (χ3n) is 4.56. The normalized spacial score (nSPS) is 15.5. The van der Waals surface area contributed by atoms with E-state index in [9.17, 15) is 4.39 Å². The molecule has 1 aliphatic rings. The molecule has 1 unspecified atom stereocenters. The lowest BCUT2D eigenvalue weighted by Crippen LogP contribution is -2.38. The molecule has 7 heteroatoms. The number of hydrogen-bond acceptors (Lipinski definition) is 4. The summed E-state index contributed by atoms with van der Waals surface area (Å²) in [6, 6.07) is 5.04. The number of rotatable bonds is 8. The van der Waals surface area contributed by atoms with Crippen LogP contribution in [-0.4, -0.2) is 24.6 Å². The summed E-state index contributed by atoms with van der Waals surface area (Å²) >= 11 is 1.70. The maximum Gasteiger partial charge on any atom is 0.191 e. The Labute approximate surface area is 164 Å². The highest BCUT2D eigenvalue weighted by Crippen LogP contribution is 2.30. The minimum absolute atomic E-state index is 0.0920. The Morgan fingerprint density at radius 2 is 2.26 bits per heavy atom. The van der Waals surface area contributed by atoms with Crippen LogP contribution in [0.4, 0.5) is 4.39 Å². The molecule has 0 spiro atoms. The van der Waals surface area contributed by atoms with Crippen molar-refractivity contribution in [3.63, 3.8) is 0 Å². The summed E-state index contributed by atoms with van der Waals surface area (Å²) in [7, 11) is 1.72. The molecule has 0 aliphatic heterocycles. The van der Waals surface area contributed by atoms with Crippen LogP contribution >= 0.6 is 11.3 Å². The summed E-state index contributed by atoms with van der Waals surface area (Å²) < 4.78 is 19.9. The van der Waals surface area contributed by atoms with Gasteiger partial charge in [-0.15, -0.1) is 11.3 Å². The predicted molar refractivity (Wildman–Crippen MR) is 108 cm³/mol. The molecule has 1 heterocycles. The van der Waals surface area contributed by atoms with Crippen molar-refractivity contribution in [2.75, 3.05) is 13.7 Å². The summed E-state index contributed by atoms with van der Waals surface area (Å²) in [5.41, 5.74) is 0.844. The van der Waals surface area contributed by atoms with Crippen molar-refractivity contribution < 1.29 is 9.13 Å². The third kappa shape index (κ3) is 5.66. The van der Waals surface area contributed by atoms with E-state index >= 15 is 0 Å². The molecule has 2 N–H and O–H groups in total. The average Bonchev–Trinajstić information content (AvgIpc) is 3.39. The van der Waals surface area contributed by atoms with Crippen LogP contribution in [-0.2, 0) is 13.0 Å². The molecule has 146 valence electrons. The highest BCUT2D eigenvalue weighted by Gasteiger charge is 2.22. The Hall–Kier alpha value is -2.15. The summed E-state index contributed by atoms with van der Waals surface area (Å²) in [4.78, 5) is 9.91. The number of guanidine groups is 1. The van der Waals surface area contributed by atoms with Gasteiger partial charge >= 0.3 is 0 Å². The van der Waals surface area contributed by atoms with Gasteiger partial charge < -0.3 is 15.4 Å². The first-order valence-corrected chi connectivity index (χ1v) is 10.2. The first kappa shape index (κ1) is 19.6. The van der Waals surface area contributed by atoms with Crippen molar-refractivity contribution in [2.24, 2.45) is 10.9 Å². The van der Waals surface area contributed by atoms with E-state index in [-0.39, 0.29) is 11.9 Å². The van der Waals surface area contributed by atoms with Gasteiger partial charge in [-0.1, -0.05) is 13.0 Å². The number of aryl methyl sites for hydroxylation is 1. The molecule has 27 heavy (non-hydrogen) atoms. The molecule has 2 aromatic rings. The van der Waals surface area contributed by atoms with Gasteiger partial charge in [-0.3, -0.25) is 4.99 Å². The van der Waals surface area contributed by atoms with Crippen LogP contribution in [0.1, 0.15) is 48.2 Å². The fourth-order valence-electron chi connectivity index (χ4n) is 2.63. The second-order valence-electron chi connectivity index (χ2n) is 6.81. The number of ether oxygens (including phenoxy) is 1. The lowest BCUT2D eigenvalue weighted by Gasteiger charge is -2.18. The number of aliphatic imine (C=N–C) groups is 1. The molecule has 1 atom stereocenters. The molecule has 0 bridgehead atoms. The fraction of sp³-hybridized carbons (Fsp3) is 0.500. The number of hydrogen-bond donors (Lipinski definition) is 2. The smallest absolute Gasteiger partial charge is 0.191 e. The van der Waals surface area contributed by atoms with Gasteiger partial charge in [-0.2, -0.15) is 0 Å². The molecule has 1 aromatic heterocycles. The van der Waals surface area contributed by atoms with E-state index in [1.165, 1.54) is 23.8 Å². The molecule has 1 saturated carbocycles. The topological polar surface area (TPSA) is 58.5 Å². The first-order chi connectivity index (χ1) is 13.1. The standard InChI is InChI=1S/C20H27FN4OS/c1-4-16-10-23-19(27-16)11-24-20(22-3)25-13(2)15-7-8-18(17(21)9-15)26-12-14-5-6-14/h7-10,13-14H,4-6,11-12H2,1-3H3,(H2,22,24,25). The average molecular weight is 391 g/mol. The van der Waals surface area contributed by atoms with Gasteiger partial charge in [0.25, 0.3) is 0 Å². The Morgan fingerprint density at radius 1 is 1.44 bits per heavy atom. The number of aromatic nitrogens is 1. The van der Waals surface area contributed by atoms with E-state index in [2.05, 4.69) is 27.5 Å². The van der Waals surface area contributed by atoms with Crippen LogP contribution in [0.3, 0.4) is 0 Å². The van der Waals surface area contributed by atoms with E-state index in [1.807, 2.05) is 19.2 Å². The fourth-order valence-corrected chi connectivity index (χ4v) is 3.43. The number of benzene rings is 1. The van der Waals surface area contributed by atoms with Crippen molar-refractivity contribution in [1.29, 1.82) is 0 Å². The summed E-state index contributed by atoms with van der Waals surface area (Å²) in [5, 5.41) is 7.57. The van der Waals surface area contributed by atoms with Crippen LogP contribution in [0.25, 0.3) is 0 Å². The highest BCUT2D eigenvalue weighted by atomic mass is 32.1. The van der Waals surface area contributed by atoms with Gasteiger partial charge in [0.1, 0.15) is 5.01 Å². The zero-order valence-electron chi connectivity index (χ0n) is 16.1. The molecule has 1 aliphatic carbocycles. The SMILES string of the molecule is CCc1cnc(CNC(=NC)NC(C)c2ccc(OCC3CC3)c(F)c2)s1. The predicted octanol–water partition coefficient (Wildman–Crippen LogP) is 4.06. The van der Waals surface area contributed by atoms with Crippen LogP contribution in [0.2, 0.25) is 0 Å². The zero-order valence-corrected chi connectivity index (χ0v) is 16.9. The molecule has 0 radical (unpaired) electrons. The maximum absolute atomic E-state index is 14.3. The van der Waals surface area contributed by atoms with E-state index < -0.39 is 0 Å². The number of nitrogens with one attached hydrogen (secondary N) is 2. The minimum Gasteiger partial charge on any atom is -0.490 e. The molecule has 0 amide bonds. The largest absolute Gasteiger partial charge is 0.490 e. The lowest BCUT2D eigenvalue weighted by atomic mass is 10.1. The minimum atomic E-state index is -0.320. The van der Waals surface area contributed by atoms with Gasteiger partial charge in [-0.25, -0.2) is 9.37 Å². The third-order valence-corrected chi connectivity index (χ3v) is 5.70. The Morgan fingerprint density at radius 3 is 2.89 bits per heavy atom. The number of halogens is 1. The summed E-state index contributed by atoms with van der Waals surface area (Å²) in [5.74, 6) is 1.27. The molecule has 5 nitrogen and oxygen atoms in total. The molecule has 1 fully saturated rings. The van der Waals surface area contributed by atoms with E-state index in [0.717, 1.165) is 17.0 Å². The Kier molecular flexibility index (Phi) is 6.66. The van der Waals surface area contributed by atoms with Crippen molar-refractivity contribution in [1.82, 2.24) is 15.6 Å². The summed E-state index contributed by atoms with van der Waals surface area (Å²) in [6.45, 7) is 5.32. The number of nitrogens with zero attached hydrogens (tertiary/aromatic N) is 2. The lowest BCUT2D eigenvalue weighted by molar-refractivity contribution is 0.285.